The summed E-state index contributed by atoms with van der Waals surface area (Å²) < 4.78 is 0. The predicted molar refractivity (Wildman–Crippen MR) is 51.0 cm³/mol. The number of thiazole rings is 1. The van der Waals surface area contributed by atoms with Gasteiger partial charge in [0.25, 0.3) is 5.91 Å². The Hall–Kier alpha value is -1.10. The van der Waals surface area contributed by atoms with Gasteiger partial charge in [-0.1, -0.05) is 0 Å². The minimum atomic E-state index is -0.279. The summed E-state index contributed by atoms with van der Waals surface area (Å²) in [5.41, 5.74) is -0.279. The number of carbonyl (C=O) groups excluding carboxylic acids is 1. The zero-order valence-electron chi connectivity index (χ0n) is 7.79. The van der Waals surface area contributed by atoms with Gasteiger partial charge in [-0.2, -0.15) is 4.98 Å². The minimum absolute atomic E-state index is 0.107. The maximum absolute atomic E-state index is 11.4. The van der Waals surface area contributed by atoms with Gasteiger partial charge in [0, 0.05) is 5.54 Å². The molecule has 0 radical (unpaired) electrons. The van der Waals surface area contributed by atoms with Crippen molar-refractivity contribution < 1.29 is 9.90 Å². The highest BCUT2D eigenvalue weighted by molar-refractivity contribution is 7.11. The Morgan fingerprint density at radius 1 is 1.62 bits per heavy atom. The van der Waals surface area contributed by atoms with Gasteiger partial charge in [-0.15, -0.1) is 11.3 Å². The van der Waals surface area contributed by atoms with E-state index in [1.54, 1.807) is 0 Å². The first kappa shape index (κ1) is 9.98. The lowest BCUT2D eigenvalue weighted by molar-refractivity contribution is 0.0918. The number of amides is 1. The topological polar surface area (TPSA) is 62.2 Å². The fourth-order valence-electron chi connectivity index (χ4n) is 0.764. The van der Waals surface area contributed by atoms with Crippen molar-refractivity contribution in [3.05, 3.63) is 10.4 Å². The van der Waals surface area contributed by atoms with E-state index in [1.807, 2.05) is 20.8 Å². The second-order valence-corrected chi connectivity index (χ2v) is 4.57. The molecule has 0 aliphatic rings. The van der Waals surface area contributed by atoms with Crippen molar-refractivity contribution in [1.82, 2.24) is 10.3 Å². The van der Waals surface area contributed by atoms with Gasteiger partial charge in [0.05, 0.1) is 5.38 Å². The molecule has 4 nitrogen and oxygen atoms in total. The second-order valence-electron chi connectivity index (χ2n) is 3.71. The van der Waals surface area contributed by atoms with Crippen LogP contribution in [-0.4, -0.2) is 21.5 Å². The van der Waals surface area contributed by atoms with E-state index >= 15 is 0 Å². The molecule has 5 heteroatoms. The summed E-state index contributed by atoms with van der Waals surface area (Å²) in [6.07, 6.45) is 0. The lowest BCUT2D eigenvalue weighted by Crippen LogP contribution is -2.40. The van der Waals surface area contributed by atoms with Crippen LogP contribution in [0.15, 0.2) is 5.38 Å². The second kappa shape index (κ2) is 3.33. The Kier molecular flexibility index (Phi) is 2.56. The van der Waals surface area contributed by atoms with Gasteiger partial charge in [-0.25, -0.2) is 0 Å². The van der Waals surface area contributed by atoms with Crippen molar-refractivity contribution >= 4 is 17.2 Å². The first-order chi connectivity index (χ1) is 5.88. The average Bonchev–Trinajstić information content (AvgIpc) is 2.31. The highest BCUT2D eigenvalue weighted by Gasteiger charge is 2.17. The molecule has 1 heterocycles. The molecule has 1 aromatic rings. The standard InChI is InChI=1S/C8H12N2O2S/c1-8(2,3)10-6(12)7-9-5(11)4-13-7/h4,11H,1-3H3,(H,10,12). The predicted octanol–water partition coefficient (Wildman–Crippen LogP) is 1.38. The number of hydrogen-bond donors (Lipinski definition) is 2. The van der Waals surface area contributed by atoms with Crippen LogP contribution in [0.25, 0.3) is 0 Å². The number of carbonyl (C=O) groups is 1. The van der Waals surface area contributed by atoms with E-state index < -0.39 is 0 Å². The molecule has 72 valence electrons. The lowest BCUT2D eigenvalue weighted by Gasteiger charge is -2.19. The van der Waals surface area contributed by atoms with Crippen LogP contribution in [-0.2, 0) is 0 Å². The van der Waals surface area contributed by atoms with E-state index in [-0.39, 0.29) is 22.3 Å². The van der Waals surface area contributed by atoms with Gasteiger partial charge in [-0.05, 0) is 20.8 Å². The molecule has 2 N–H and O–H groups in total. The SMILES string of the molecule is CC(C)(C)NC(=O)c1nc(O)cs1. The number of rotatable bonds is 1. The van der Waals surface area contributed by atoms with Gasteiger partial charge >= 0.3 is 0 Å². The highest BCUT2D eigenvalue weighted by atomic mass is 32.1. The van der Waals surface area contributed by atoms with Crippen LogP contribution in [0.3, 0.4) is 0 Å². The van der Waals surface area contributed by atoms with Crippen LogP contribution in [0.2, 0.25) is 0 Å². The van der Waals surface area contributed by atoms with Crippen molar-refractivity contribution in [3.8, 4) is 5.88 Å². The zero-order chi connectivity index (χ0) is 10.1. The van der Waals surface area contributed by atoms with Crippen LogP contribution in [0.1, 0.15) is 30.6 Å². The number of hydrogen-bond acceptors (Lipinski definition) is 4. The molecule has 1 amide bonds. The number of aromatic nitrogens is 1. The van der Waals surface area contributed by atoms with E-state index in [0.29, 0.717) is 0 Å². The first-order valence-corrected chi connectivity index (χ1v) is 4.73. The Bertz CT molecular complexity index is 314. The molecule has 0 unspecified atom stereocenters. The zero-order valence-corrected chi connectivity index (χ0v) is 8.60. The van der Waals surface area contributed by atoms with Gasteiger partial charge in [0.15, 0.2) is 5.01 Å². The van der Waals surface area contributed by atoms with E-state index in [0.717, 1.165) is 11.3 Å². The summed E-state index contributed by atoms with van der Waals surface area (Å²) in [5, 5.41) is 13.4. The van der Waals surface area contributed by atoms with E-state index in [1.165, 1.54) is 5.38 Å². The molecule has 0 bridgehead atoms. The normalized spacial score (nSPS) is 11.3. The van der Waals surface area contributed by atoms with Crippen LogP contribution in [0.5, 0.6) is 5.88 Å². The number of aromatic hydroxyl groups is 1. The van der Waals surface area contributed by atoms with Crippen molar-refractivity contribution in [2.75, 3.05) is 0 Å². The van der Waals surface area contributed by atoms with Crippen LogP contribution in [0.4, 0.5) is 0 Å². The summed E-state index contributed by atoms with van der Waals surface area (Å²) in [4.78, 5) is 15.1. The lowest BCUT2D eigenvalue weighted by atomic mass is 10.1. The molecule has 0 saturated heterocycles. The van der Waals surface area contributed by atoms with Crippen molar-refractivity contribution in [3.63, 3.8) is 0 Å². The molecule has 0 aliphatic carbocycles. The maximum Gasteiger partial charge on any atom is 0.280 e. The highest BCUT2D eigenvalue weighted by Crippen LogP contribution is 2.15. The third kappa shape index (κ3) is 3.02. The number of nitrogens with zero attached hydrogens (tertiary/aromatic N) is 1. The largest absolute Gasteiger partial charge is 0.493 e. The van der Waals surface area contributed by atoms with Crippen LogP contribution < -0.4 is 5.32 Å². The fraction of sp³-hybridized carbons (Fsp3) is 0.500. The summed E-state index contributed by atoms with van der Waals surface area (Å²) in [6.45, 7) is 5.66. The van der Waals surface area contributed by atoms with Gasteiger partial charge in [-0.3, -0.25) is 4.79 Å². The molecule has 0 atom stereocenters. The Labute approximate surface area is 80.6 Å². The smallest absolute Gasteiger partial charge is 0.280 e. The van der Waals surface area contributed by atoms with E-state index in [4.69, 9.17) is 5.11 Å². The molecule has 0 spiro atoms. The van der Waals surface area contributed by atoms with Crippen LogP contribution in [0, 0.1) is 0 Å². The Balaban J connectivity index is 2.70. The Morgan fingerprint density at radius 2 is 2.23 bits per heavy atom. The molecular weight excluding hydrogens is 188 g/mol. The monoisotopic (exact) mass is 200 g/mol. The van der Waals surface area contributed by atoms with E-state index in [9.17, 15) is 4.79 Å². The molecule has 0 saturated carbocycles. The molecule has 13 heavy (non-hydrogen) atoms. The quantitative estimate of drug-likeness (QED) is 0.719. The molecule has 0 aliphatic heterocycles. The molecular formula is C8H12N2O2S. The maximum atomic E-state index is 11.4. The summed E-state index contributed by atoms with van der Waals surface area (Å²) >= 11 is 1.13. The van der Waals surface area contributed by atoms with Crippen molar-refractivity contribution in [2.45, 2.75) is 26.3 Å². The average molecular weight is 200 g/mol. The summed E-state index contributed by atoms with van der Waals surface area (Å²) in [7, 11) is 0. The Morgan fingerprint density at radius 3 is 2.62 bits per heavy atom. The van der Waals surface area contributed by atoms with Crippen molar-refractivity contribution in [2.24, 2.45) is 0 Å². The number of nitrogens with one attached hydrogen (secondary N) is 1. The molecule has 1 rings (SSSR count). The van der Waals surface area contributed by atoms with Gasteiger partial charge in [0.2, 0.25) is 5.88 Å². The molecule has 0 aromatic carbocycles. The molecule has 0 fully saturated rings. The summed E-state index contributed by atoms with van der Waals surface area (Å²) in [5.74, 6) is -0.359. The molecule has 1 aromatic heterocycles. The van der Waals surface area contributed by atoms with Gasteiger partial charge in [0.1, 0.15) is 0 Å². The van der Waals surface area contributed by atoms with Crippen LogP contribution >= 0.6 is 11.3 Å². The van der Waals surface area contributed by atoms with Crippen molar-refractivity contribution in [1.29, 1.82) is 0 Å². The summed E-state index contributed by atoms with van der Waals surface area (Å²) in [6, 6.07) is 0. The minimum Gasteiger partial charge on any atom is -0.493 e. The van der Waals surface area contributed by atoms with E-state index in [2.05, 4.69) is 10.3 Å². The first-order valence-electron chi connectivity index (χ1n) is 3.85. The fourth-order valence-corrected chi connectivity index (χ4v) is 1.34. The third-order valence-corrected chi connectivity index (χ3v) is 2.00. The van der Waals surface area contributed by atoms with Gasteiger partial charge < -0.3 is 10.4 Å². The third-order valence-electron chi connectivity index (χ3n) is 1.17.